The Hall–Kier alpha value is -0.630. The highest BCUT2D eigenvalue weighted by molar-refractivity contribution is 9.10. The smallest absolute Gasteiger partial charge is 0.241 e. The van der Waals surface area contributed by atoms with Crippen LogP contribution in [-0.2, 0) is 10.0 Å². The SMILES string of the molecule is Nc1ccc(S(=O)(=O)NCCCCO)c(Br)c1. The van der Waals surface area contributed by atoms with Gasteiger partial charge in [-0.2, -0.15) is 0 Å². The summed E-state index contributed by atoms with van der Waals surface area (Å²) in [5, 5.41) is 8.59. The molecule has 0 saturated heterocycles. The van der Waals surface area contributed by atoms with Crippen LogP contribution in [0.3, 0.4) is 0 Å². The molecule has 0 spiro atoms. The van der Waals surface area contributed by atoms with Gasteiger partial charge in [0.15, 0.2) is 0 Å². The predicted molar refractivity (Wildman–Crippen MR) is 70.1 cm³/mol. The lowest BCUT2D eigenvalue weighted by Gasteiger charge is -2.08. The van der Waals surface area contributed by atoms with Gasteiger partial charge in [-0.05, 0) is 47.0 Å². The van der Waals surface area contributed by atoms with Crippen LogP contribution in [-0.4, -0.2) is 26.7 Å². The van der Waals surface area contributed by atoms with E-state index in [4.69, 9.17) is 10.8 Å². The number of aliphatic hydroxyl groups excluding tert-OH is 1. The fourth-order valence-electron chi connectivity index (χ4n) is 1.26. The maximum absolute atomic E-state index is 11.9. The van der Waals surface area contributed by atoms with E-state index in [9.17, 15) is 8.42 Å². The van der Waals surface area contributed by atoms with E-state index in [0.29, 0.717) is 29.5 Å². The summed E-state index contributed by atoms with van der Waals surface area (Å²) in [6.07, 6.45) is 1.17. The Morgan fingerprint density at radius 1 is 1.35 bits per heavy atom. The fourth-order valence-corrected chi connectivity index (χ4v) is 3.42. The quantitative estimate of drug-likeness (QED) is 0.540. The molecule has 0 radical (unpaired) electrons. The second-order valence-corrected chi connectivity index (χ2v) is 6.11. The second kappa shape index (κ2) is 6.34. The molecule has 17 heavy (non-hydrogen) atoms. The summed E-state index contributed by atoms with van der Waals surface area (Å²) in [5.41, 5.74) is 6.03. The molecule has 96 valence electrons. The van der Waals surface area contributed by atoms with Crippen LogP contribution in [0.2, 0.25) is 0 Å². The number of nitrogens with two attached hydrogens (primary N) is 1. The van der Waals surface area contributed by atoms with Gasteiger partial charge >= 0.3 is 0 Å². The summed E-state index contributed by atoms with van der Waals surface area (Å²) < 4.78 is 26.7. The van der Waals surface area contributed by atoms with Crippen LogP contribution < -0.4 is 10.5 Å². The van der Waals surface area contributed by atoms with E-state index < -0.39 is 10.0 Å². The lowest BCUT2D eigenvalue weighted by atomic mass is 10.3. The van der Waals surface area contributed by atoms with Crippen molar-refractivity contribution < 1.29 is 13.5 Å². The Labute approximate surface area is 109 Å². The van der Waals surface area contributed by atoms with Crippen molar-refractivity contribution in [2.45, 2.75) is 17.7 Å². The molecule has 7 heteroatoms. The Bertz CT molecular complexity index is 476. The minimum Gasteiger partial charge on any atom is -0.399 e. The van der Waals surface area contributed by atoms with E-state index in [1.54, 1.807) is 6.07 Å². The summed E-state index contributed by atoms with van der Waals surface area (Å²) in [5.74, 6) is 0. The predicted octanol–water partition coefficient (Wildman–Crippen LogP) is 1.08. The van der Waals surface area contributed by atoms with Gasteiger partial charge in [-0.1, -0.05) is 0 Å². The molecule has 0 aliphatic carbocycles. The number of nitrogens with one attached hydrogen (secondary N) is 1. The van der Waals surface area contributed by atoms with Crippen LogP contribution in [0.1, 0.15) is 12.8 Å². The van der Waals surface area contributed by atoms with Crippen molar-refractivity contribution in [3.63, 3.8) is 0 Å². The number of rotatable bonds is 6. The molecule has 0 aliphatic heterocycles. The van der Waals surface area contributed by atoms with E-state index in [0.717, 1.165) is 0 Å². The van der Waals surface area contributed by atoms with Crippen LogP contribution in [0.25, 0.3) is 0 Å². The molecular weight excluding hydrogens is 308 g/mol. The molecule has 4 N–H and O–H groups in total. The van der Waals surface area contributed by atoms with Crippen molar-refractivity contribution in [1.29, 1.82) is 0 Å². The van der Waals surface area contributed by atoms with Crippen molar-refractivity contribution in [3.05, 3.63) is 22.7 Å². The number of halogens is 1. The number of nitrogen functional groups attached to an aromatic ring is 1. The standard InChI is InChI=1S/C10H15BrN2O3S/c11-9-7-8(12)3-4-10(9)17(15,16)13-5-1-2-6-14/h3-4,7,13-14H,1-2,5-6,12H2. The third kappa shape index (κ3) is 4.27. The third-order valence-electron chi connectivity index (χ3n) is 2.12. The van der Waals surface area contributed by atoms with Crippen LogP contribution >= 0.6 is 15.9 Å². The van der Waals surface area contributed by atoms with Gasteiger partial charge in [0.1, 0.15) is 0 Å². The Kier molecular flexibility index (Phi) is 5.38. The van der Waals surface area contributed by atoms with E-state index in [1.807, 2.05) is 0 Å². The molecule has 0 heterocycles. The first-order valence-corrected chi connectivity index (χ1v) is 7.40. The van der Waals surface area contributed by atoms with Gasteiger partial charge in [0.25, 0.3) is 0 Å². The monoisotopic (exact) mass is 322 g/mol. The lowest BCUT2D eigenvalue weighted by molar-refractivity contribution is 0.285. The zero-order chi connectivity index (χ0) is 12.9. The van der Waals surface area contributed by atoms with Gasteiger partial charge in [-0.3, -0.25) is 0 Å². The van der Waals surface area contributed by atoms with Gasteiger partial charge in [-0.15, -0.1) is 0 Å². The van der Waals surface area contributed by atoms with Crippen LogP contribution in [0.15, 0.2) is 27.6 Å². The van der Waals surface area contributed by atoms with E-state index >= 15 is 0 Å². The summed E-state index contributed by atoms with van der Waals surface area (Å²) in [7, 11) is -3.52. The van der Waals surface area contributed by atoms with Gasteiger partial charge in [-0.25, -0.2) is 13.1 Å². The van der Waals surface area contributed by atoms with E-state index in [1.165, 1.54) is 12.1 Å². The number of aliphatic hydroxyl groups is 1. The molecule has 0 amide bonds. The number of unbranched alkanes of at least 4 members (excludes halogenated alkanes) is 1. The zero-order valence-electron chi connectivity index (χ0n) is 9.19. The molecule has 0 atom stereocenters. The van der Waals surface area contributed by atoms with Crippen molar-refractivity contribution in [1.82, 2.24) is 4.72 Å². The first-order chi connectivity index (χ1) is 7.97. The third-order valence-corrected chi connectivity index (χ3v) is 4.56. The Morgan fingerprint density at radius 2 is 2.06 bits per heavy atom. The molecule has 0 unspecified atom stereocenters. The fraction of sp³-hybridized carbons (Fsp3) is 0.400. The normalized spacial score (nSPS) is 11.6. The number of anilines is 1. The minimum absolute atomic E-state index is 0.0628. The highest BCUT2D eigenvalue weighted by Gasteiger charge is 2.16. The molecule has 1 rings (SSSR count). The molecule has 0 bridgehead atoms. The van der Waals surface area contributed by atoms with Crippen LogP contribution in [0.4, 0.5) is 5.69 Å². The molecule has 0 aromatic heterocycles. The molecule has 1 aromatic rings. The van der Waals surface area contributed by atoms with Gasteiger partial charge < -0.3 is 10.8 Å². The van der Waals surface area contributed by atoms with E-state index in [-0.39, 0.29) is 11.5 Å². The van der Waals surface area contributed by atoms with Crippen molar-refractivity contribution in [3.8, 4) is 0 Å². The first kappa shape index (κ1) is 14.4. The van der Waals surface area contributed by atoms with Crippen molar-refractivity contribution in [2.24, 2.45) is 0 Å². The number of hydrogen-bond donors (Lipinski definition) is 3. The van der Waals surface area contributed by atoms with E-state index in [2.05, 4.69) is 20.7 Å². The summed E-state index contributed by atoms with van der Waals surface area (Å²) in [4.78, 5) is 0.163. The maximum atomic E-state index is 11.9. The molecule has 0 fully saturated rings. The van der Waals surface area contributed by atoms with Gasteiger partial charge in [0.2, 0.25) is 10.0 Å². The molecule has 0 aliphatic rings. The number of sulfonamides is 1. The summed E-state index contributed by atoms with van der Waals surface area (Å²) in [6, 6.07) is 4.53. The molecule has 1 aromatic carbocycles. The Morgan fingerprint density at radius 3 is 2.65 bits per heavy atom. The van der Waals surface area contributed by atoms with Gasteiger partial charge in [0.05, 0.1) is 4.90 Å². The average molecular weight is 323 g/mol. The van der Waals surface area contributed by atoms with Crippen molar-refractivity contribution in [2.75, 3.05) is 18.9 Å². The zero-order valence-corrected chi connectivity index (χ0v) is 11.6. The first-order valence-electron chi connectivity index (χ1n) is 5.13. The average Bonchev–Trinajstić information content (AvgIpc) is 2.24. The molecular formula is C10H15BrN2O3S. The maximum Gasteiger partial charge on any atom is 0.241 e. The lowest BCUT2D eigenvalue weighted by Crippen LogP contribution is -2.25. The largest absolute Gasteiger partial charge is 0.399 e. The molecule has 0 saturated carbocycles. The van der Waals surface area contributed by atoms with Crippen molar-refractivity contribution >= 4 is 31.6 Å². The number of hydrogen-bond acceptors (Lipinski definition) is 4. The molecule has 5 nitrogen and oxygen atoms in total. The summed E-state index contributed by atoms with van der Waals surface area (Å²) >= 11 is 3.17. The Balaban J connectivity index is 2.76. The second-order valence-electron chi connectivity index (χ2n) is 3.52. The number of benzene rings is 1. The topological polar surface area (TPSA) is 92.4 Å². The summed E-state index contributed by atoms with van der Waals surface area (Å²) in [6.45, 7) is 0.368. The highest BCUT2D eigenvalue weighted by atomic mass is 79.9. The minimum atomic E-state index is -3.52. The highest BCUT2D eigenvalue weighted by Crippen LogP contribution is 2.23. The van der Waals surface area contributed by atoms with Crippen LogP contribution in [0.5, 0.6) is 0 Å². The van der Waals surface area contributed by atoms with Gasteiger partial charge in [0, 0.05) is 23.3 Å². The van der Waals surface area contributed by atoms with Crippen LogP contribution in [0, 0.1) is 0 Å².